The smallest absolute Gasteiger partial charge is 0.0778 e. The van der Waals surface area contributed by atoms with Gasteiger partial charge in [0, 0.05) is 5.02 Å². The van der Waals surface area contributed by atoms with E-state index < -0.39 is 0 Å². The molecule has 82 valence electrons. The number of benzene rings is 2. The third-order valence-corrected chi connectivity index (χ3v) is 3.57. The number of rotatable bonds is 1. The second-order valence-electron chi connectivity index (χ2n) is 3.26. The first kappa shape index (κ1) is 12.1. The van der Waals surface area contributed by atoms with Crippen LogP contribution >= 0.6 is 46.4 Å². The fourth-order valence-corrected chi connectivity index (χ4v) is 2.18. The Morgan fingerprint density at radius 1 is 0.688 bits per heavy atom. The predicted molar refractivity (Wildman–Crippen MR) is 71.9 cm³/mol. The SMILES string of the molecule is Clc1cccc(-c2cc(Cl)c(Cl)c(Cl)c2)c1. The summed E-state index contributed by atoms with van der Waals surface area (Å²) >= 11 is 23.7. The molecule has 0 nitrogen and oxygen atoms in total. The first-order chi connectivity index (χ1) is 7.58. The molecule has 0 saturated heterocycles. The first-order valence-corrected chi connectivity index (χ1v) is 5.99. The zero-order valence-corrected chi connectivity index (χ0v) is 11.0. The summed E-state index contributed by atoms with van der Waals surface area (Å²) in [4.78, 5) is 0. The maximum absolute atomic E-state index is 5.96. The van der Waals surface area contributed by atoms with E-state index in [0.717, 1.165) is 11.1 Å². The Morgan fingerprint density at radius 3 is 1.88 bits per heavy atom. The van der Waals surface area contributed by atoms with E-state index in [1.165, 1.54) is 0 Å². The topological polar surface area (TPSA) is 0 Å². The van der Waals surface area contributed by atoms with Gasteiger partial charge in [0.05, 0.1) is 15.1 Å². The van der Waals surface area contributed by atoms with E-state index in [1.807, 2.05) is 24.3 Å². The maximum atomic E-state index is 5.96. The molecule has 0 N–H and O–H groups in total. The molecule has 0 unspecified atom stereocenters. The molecule has 0 radical (unpaired) electrons. The van der Waals surface area contributed by atoms with E-state index in [4.69, 9.17) is 46.4 Å². The highest BCUT2D eigenvalue weighted by Gasteiger charge is 2.07. The van der Waals surface area contributed by atoms with Gasteiger partial charge in [0.25, 0.3) is 0 Å². The fraction of sp³-hybridized carbons (Fsp3) is 0. The van der Waals surface area contributed by atoms with E-state index in [2.05, 4.69) is 0 Å². The summed E-state index contributed by atoms with van der Waals surface area (Å²) in [7, 11) is 0. The van der Waals surface area contributed by atoms with Gasteiger partial charge in [-0.25, -0.2) is 0 Å². The zero-order valence-electron chi connectivity index (χ0n) is 7.98. The van der Waals surface area contributed by atoms with Gasteiger partial charge in [-0.1, -0.05) is 58.5 Å². The molecule has 0 fully saturated rings. The van der Waals surface area contributed by atoms with Gasteiger partial charge in [-0.15, -0.1) is 0 Å². The van der Waals surface area contributed by atoms with Gasteiger partial charge in [-0.2, -0.15) is 0 Å². The monoisotopic (exact) mass is 290 g/mol. The molecule has 0 atom stereocenters. The highest BCUT2D eigenvalue weighted by molar-refractivity contribution is 6.48. The average molecular weight is 292 g/mol. The standard InChI is InChI=1S/C12H6Cl4/c13-9-3-1-2-7(4-9)8-5-10(14)12(16)11(15)6-8/h1-6H. The van der Waals surface area contributed by atoms with Gasteiger partial charge in [0.2, 0.25) is 0 Å². The molecule has 2 rings (SSSR count). The van der Waals surface area contributed by atoms with Crippen LogP contribution in [0.15, 0.2) is 36.4 Å². The largest absolute Gasteiger partial charge is 0.0843 e. The fourth-order valence-electron chi connectivity index (χ4n) is 1.39. The molecule has 0 spiro atoms. The lowest BCUT2D eigenvalue weighted by Gasteiger charge is -2.06. The van der Waals surface area contributed by atoms with E-state index in [1.54, 1.807) is 12.1 Å². The summed E-state index contributed by atoms with van der Waals surface area (Å²) in [6.45, 7) is 0. The van der Waals surface area contributed by atoms with E-state index in [9.17, 15) is 0 Å². The van der Waals surface area contributed by atoms with Crippen LogP contribution in [0.5, 0.6) is 0 Å². The van der Waals surface area contributed by atoms with E-state index >= 15 is 0 Å². The Labute approximate surface area is 114 Å². The van der Waals surface area contributed by atoms with Crippen molar-refractivity contribution in [2.45, 2.75) is 0 Å². The van der Waals surface area contributed by atoms with Gasteiger partial charge in [-0.05, 0) is 35.4 Å². The lowest BCUT2D eigenvalue weighted by molar-refractivity contribution is 1.61. The number of hydrogen-bond acceptors (Lipinski definition) is 0. The second-order valence-corrected chi connectivity index (χ2v) is 4.89. The molecule has 0 amide bonds. The summed E-state index contributed by atoms with van der Waals surface area (Å²) in [6, 6.07) is 11.0. The Balaban J connectivity index is 2.57. The van der Waals surface area contributed by atoms with Gasteiger partial charge in [-0.3, -0.25) is 0 Å². The molecule has 0 heterocycles. The van der Waals surface area contributed by atoms with Crippen molar-refractivity contribution in [1.29, 1.82) is 0 Å². The van der Waals surface area contributed by atoms with Gasteiger partial charge in [0.15, 0.2) is 0 Å². The van der Waals surface area contributed by atoms with Crippen molar-refractivity contribution in [3.63, 3.8) is 0 Å². The van der Waals surface area contributed by atoms with Crippen molar-refractivity contribution in [3.8, 4) is 11.1 Å². The average Bonchev–Trinajstić information content (AvgIpc) is 2.25. The van der Waals surface area contributed by atoms with Crippen LogP contribution in [0.2, 0.25) is 20.1 Å². The zero-order chi connectivity index (χ0) is 11.7. The minimum absolute atomic E-state index is 0.370. The minimum atomic E-state index is 0.370. The summed E-state index contributed by atoms with van der Waals surface area (Å²) in [6.07, 6.45) is 0. The normalized spacial score (nSPS) is 10.5. The highest BCUT2D eigenvalue weighted by atomic mass is 35.5. The van der Waals surface area contributed by atoms with Crippen LogP contribution in [-0.2, 0) is 0 Å². The van der Waals surface area contributed by atoms with E-state index in [0.29, 0.717) is 20.1 Å². The molecule has 0 bridgehead atoms. The minimum Gasteiger partial charge on any atom is -0.0843 e. The van der Waals surface area contributed by atoms with Gasteiger partial charge >= 0.3 is 0 Å². The third-order valence-electron chi connectivity index (χ3n) is 2.14. The molecule has 0 aromatic heterocycles. The van der Waals surface area contributed by atoms with Crippen molar-refractivity contribution < 1.29 is 0 Å². The molecular weight excluding hydrogens is 286 g/mol. The molecular formula is C12H6Cl4. The van der Waals surface area contributed by atoms with Crippen molar-refractivity contribution in [3.05, 3.63) is 56.5 Å². The molecule has 0 aliphatic rings. The lowest BCUT2D eigenvalue weighted by Crippen LogP contribution is -1.80. The molecule has 0 aliphatic heterocycles. The van der Waals surface area contributed by atoms with Crippen LogP contribution in [0.1, 0.15) is 0 Å². The molecule has 0 aliphatic carbocycles. The van der Waals surface area contributed by atoms with Gasteiger partial charge in [0.1, 0.15) is 0 Å². The summed E-state index contributed by atoms with van der Waals surface area (Å²) in [5, 5.41) is 1.90. The summed E-state index contributed by atoms with van der Waals surface area (Å²) < 4.78 is 0. The number of halogens is 4. The Hall–Kier alpha value is -0.400. The lowest BCUT2D eigenvalue weighted by atomic mass is 10.1. The van der Waals surface area contributed by atoms with Crippen LogP contribution in [-0.4, -0.2) is 0 Å². The van der Waals surface area contributed by atoms with Crippen LogP contribution in [0.25, 0.3) is 11.1 Å². The quantitative estimate of drug-likeness (QED) is 0.568. The summed E-state index contributed by atoms with van der Waals surface area (Å²) in [5.74, 6) is 0. The number of hydrogen-bond donors (Lipinski definition) is 0. The highest BCUT2D eigenvalue weighted by Crippen LogP contribution is 2.35. The van der Waals surface area contributed by atoms with Crippen LogP contribution < -0.4 is 0 Å². The molecule has 16 heavy (non-hydrogen) atoms. The molecule has 0 saturated carbocycles. The van der Waals surface area contributed by atoms with E-state index in [-0.39, 0.29) is 0 Å². The molecule has 2 aromatic rings. The van der Waals surface area contributed by atoms with Crippen molar-refractivity contribution in [1.82, 2.24) is 0 Å². The third kappa shape index (κ3) is 2.46. The Bertz CT molecular complexity index is 511. The maximum Gasteiger partial charge on any atom is 0.0778 e. The Kier molecular flexibility index (Phi) is 3.66. The first-order valence-electron chi connectivity index (χ1n) is 4.48. The van der Waals surface area contributed by atoms with Crippen LogP contribution in [0.3, 0.4) is 0 Å². The van der Waals surface area contributed by atoms with Crippen molar-refractivity contribution in [2.75, 3.05) is 0 Å². The molecule has 4 heteroatoms. The van der Waals surface area contributed by atoms with Crippen LogP contribution in [0, 0.1) is 0 Å². The predicted octanol–water partition coefficient (Wildman–Crippen LogP) is 5.97. The van der Waals surface area contributed by atoms with Crippen LogP contribution in [0.4, 0.5) is 0 Å². The van der Waals surface area contributed by atoms with Gasteiger partial charge < -0.3 is 0 Å². The Morgan fingerprint density at radius 2 is 1.31 bits per heavy atom. The van der Waals surface area contributed by atoms with Crippen molar-refractivity contribution >= 4 is 46.4 Å². The second kappa shape index (κ2) is 4.85. The van der Waals surface area contributed by atoms with Crippen molar-refractivity contribution in [2.24, 2.45) is 0 Å². The molecule has 2 aromatic carbocycles. The summed E-state index contributed by atoms with van der Waals surface area (Å²) in [5.41, 5.74) is 1.84.